The second-order valence-corrected chi connectivity index (χ2v) is 6.89. The molecule has 1 aliphatic heterocycles. The van der Waals surface area contributed by atoms with Crippen LogP contribution in [0.4, 0.5) is 0 Å². The van der Waals surface area contributed by atoms with Gasteiger partial charge in [0.15, 0.2) is 5.69 Å². The predicted molar refractivity (Wildman–Crippen MR) is 93.7 cm³/mol. The van der Waals surface area contributed by atoms with E-state index in [1.54, 1.807) is 0 Å². The summed E-state index contributed by atoms with van der Waals surface area (Å²) in [5.74, 6) is 0.0641. The molecule has 1 aromatic heterocycles. The lowest BCUT2D eigenvalue weighted by Crippen LogP contribution is -2.39. The summed E-state index contributed by atoms with van der Waals surface area (Å²) in [5, 5.41) is 8.09. The summed E-state index contributed by atoms with van der Waals surface area (Å²) in [4.78, 5) is 14.9. The van der Waals surface area contributed by atoms with Crippen molar-refractivity contribution < 1.29 is 4.79 Å². The van der Waals surface area contributed by atoms with Crippen LogP contribution in [0, 0.1) is 6.92 Å². The number of carbonyl (C=O) groups excluding carboxylic acids is 1. The zero-order valence-corrected chi connectivity index (χ0v) is 14.4. The van der Waals surface area contributed by atoms with E-state index in [-0.39, 0.29) is 11.9 Å². The Morgan fingerprint density at radius 3 is 2.92 bits per heavy atom. The highest BCUT2D eigenvalue weighted by molar-refractivity contribution is 5.94. The normalized spacial score (nSPS) is 19.5. The van der Waals surface area contributed by atoms with E-state index in [0.29, 0.717) is 5.69 Å². The van der Waals surface area contributed by atoms with Gasteiger partial charge in [-0.1, -0.05) is 18.2 Å². The van der Waals surface area contributed by atoms with Gasteiger partial charge >= 0.3 is 0 Å². The number of amides is 1. The van der Waals surface area contributed by atoms with Gasteiger partial charge in [-0.3, -0.25) is 4.79 Å². The molecule has 0 radical (unpaired) electrons. The van der Waals surface area contributed by atoms with E-state index in [1.165, 1.54) is 11.3 Å². The van der Waals surface area contributed by atoms with Crippen LogP contribution in [0.2, 0.25) is 0 Å². The quantitative estimate of drug-likeness (QED) is 0.941. The first-order chi connectivity index (χ1) is 11.7. The molecule has 126 valence electrons. The monoisotopic (exact) mass is 324 g/mol. The third-order valence-electron chi connectivity index (χ3n) is 5.38. The van der Waals surface area contributed by atoms with Crippen molar-refractivity contribution in [1.82, 2.24) is 20.0 Å². The highest BCUT2D eigenvalue weighted by atomic mass is 16.2. The fraction of sp³-hybridized carbons (Fsp3) is 0.474. The van der Waals surface area contributed by atoms with Crippen LogP contribution in [0.1, 0.15) is 40.2 Å². The standard InChI is InChI=1S/C19H24N4O/c1-13-6-3-4-8-16(13)23-17-9-5-7-15(17)18(21-23)19(24)22(2)14-10-11-20-12-14/h3-4,6,8,14,20H,5,7,9-12H2,1-2H3. The average molecular weight is 324 g/mol. The smallest absolute Gasteiger partial charge is 0.274 e. The Morgan fingerprint density at radius 1 is 1.33 bits per heavy atom. The molecule has 5 heteroatoms. The van der Waals surface area contributed by atoms with Gasteiger partial charge in [0, 0.05) is 30.9 Å². The molecule has 1 amide bonds. The van der Waals surface area contributed by atoms with Gasteiger partial charge in [0.05, 0.1) is 5.69 Å². The zero-order valence-electron chi connectivity index (χ0n) is 14.4. The maximum Gasteiger partial charge on any atom is 0.274 e. The Hall–Kier alpha value is -2.14. The van der Waals surface area contributed by atoms with Crippen molar-refractivity contribution in [3.8, 4) is 5.69 Å². The molecular formula is C19H24N4O. The van der Waals surface area contributed by atoms with E-state index in [9.17, 15) is 4.79 Å². The maximum atomic E-state index is 13.0. The first kappa shape index (κ1) is 15.4. The molecule has 1 aliphatic carbocycles. The highest BCUT2D eigenvalue weighted by Crippen LogP contribution is 2.29. The lowest BCUT2D eigenvalue weighted by molar-refractivity contribution is 0.0736. The van der Waals surface area contributed by atoms with Crippen LogP contribution in [0.25, 0.3) is 5.69 Å². The molecule has 2 heterocycles. The number of fused-ring (bicyclic) bond motifs is 1. The minimum absolute atomic E-state index is 0.0641. The second kappa shape index (κ2) is 6.06. The summed E-state index contributed by atoms with van der Waals surface area (Å²) in [5.41, 5.74) is 5.29. The third kappa shape index (κ3) is 2.44. The molecule has 5 nitrogen and oxygen atoms in total. The Morgan fingerprint density at radius 2 is 2.17 bits per heavy atom. The van der Waals surface area contributed by atoms with Gasteiger partial charge in [0.25, 0.3) is 5.91 Å². The minimum Gasteiger partial charge on any atom is -0.336 e. The first-order valence-corrected chi connectivity index (χ1v) is 8.81. The number of para-hydroxylation sites is 1. The van der Waals surface area contributed by atoms with Gasteiger partial charge in [-0.25, -0.2) is 4.68 Å². The third-order valence-corrected chi connectivity index (χ3v) is 5.38. The molecule has 2 aromatic rings. The van der Waals surface area contributed by atoms with Crippen molar-refractivity contribution in [1.29, 1.82) is 0 Å². The summed E-state index contributed by atoms with van der Waals surface area (Å²) in [6, 6.07) is 8.52. The number of hydrogen-bond acceptors (Lipinski definition) is 3. The summed E-state index contributed by atoms with van der Waals surface area (Å²) in [6.07, 6.45) is 4.08. The number of nitrogens with zero attached hydrogens (tertiary/aromatic N) is 3. The van der Waals surface area contributed by atoms with Gasteiger partial charge < -0.3 is 10.2 Å². The first-order valence-electron chi connectivity index (χ1n) is 8.81. The molecule has 1 atom stereocenters. The molecule has 0 bridgehead atoms. The van der Waals surface area contributed by atoms with Crippen molar-refractivity contribution in [2.45, 2.75) is 38.6 Å². The average Bonchev–Trinajstić information content (AvgIpc) is 3.31. The molecule has 2 aliphatic rings. The SMILES string of the molecule is Cc1ccccc1-n1nc(C(=O)N(C)C2CCNC2)c2c1CCC2. The molecule has 1 aromatic carbocycles. The van der Waals surface area contributed by atoms with Crippen molar-refractivity contribution in [3.63, 3.8) is 0 Å². The molecule has 4 rings (SSSR count). The van der Waals surface area contributed by atoms with Crippen molar-refractivity contribution >= 4 is 5.91 Å². The van der Waals surface area contributed by atoms with Crippen LogP contribution in [-0.4, -0.2) is 46.8 Å². The molecule has 0 spiro atoms. The lowest BCUT2D eigenvalue weighted by atomic mass is 10.1. The molecule has 1 fully saturated rings. The Kier molecular flexibility index (Phi) is 3.88. The van der Waals surface area contributed by atoms with Crippen LogP contribution in [0.3, 0.4) is 0 Å². The van der Waals surface area contributed by atoms with Gasteiger partial charge in [-0.15, -0.1) is 0 Å². The number of rotatable bonds is 3. The van der Waals surface area contributed by atoms with E-state index in [1.807, 2.05) is 28.8 Å². The molecular weight excluding hydrogens is 300 g/mol. The Balaban J connectivity index is 1.74. The summed E-state index contributed by atoms with van der Waals surface area (Å²) in [7, 11) is 1.91. The number of aryl methyl sites for hydroxylation is 1. The molecule has 1 unspecified atom stereocenters. The van der Waals surface area contributed by atoms with E-state index >= 15 is 0 Å². The lowest BCUT2D eigenvalue weighted by Gasteiger charge is -2.23. The fourth-order valence-corrected chi connectivity index (χ4v) is 3.91. The number of hydrogen-bond donors (Lipinski definition) is 1. The van der Waals surface area contributed by atoms with Gasteiger partial charge in [-0.2, -0.15) is 5.10 Å². The number of nitrogens with one attached hydrogen (secondary N) is 1. The summed E-state index contributed by atoms with van der Waals surface area (Å²) >= 11 is 0. The molecule has 1 N–H and O–H groups in total. The van der Waals surface area contributed by atoms with Gasteiger partial charge in [-0.05, 0) is 50.8 Å². The van der Waals surface area contributed by atoms with E-state index < -0.39 is 0 Å². The number of carbonyl (C=O) groups is 1. The molecule has 0 saturated carbocycles. The fourth-order valence-electron chi connectivity index (χ4n) is 3.91. The van der Waals surface area contributed by atoms with E-state index in [4.69, 9.17) is 5.10 Å². The van der Waals surface area contributed by atoms with Gasteiger partial charge in [0.1, 0.15) is 0 Å². The molecule has 24 heavy (non-hydrogen) atoms. The topological polar surface area (TPSA) is 50.2 Å². The number of likely N-dealkylation sites (N-methyl/N-ethyl adjacent to an activating group) is 1. The maximum absolute atomic E-state index is 13.0. The largest absolute Gasteiger partial charge is 0.336 e. The highest BCUT2D eigenvalue weighted by Gasteiger charge is 2.31. The zero-order chi connectivity index (χ0) is 16.7. The van der Waals surface area contributed by atoms with E-state index in [0.717, 1.165) is 50.0 Å². The number of benzene rings is 1. The second-order valence-electron chi connectivity index (χ2n) is 6.89. The van der Waals surface area contributed by atoms with Crippen LogP contribution < -0.4 is 5.32 Å². The number of aromatic nitrogens is 2. The van der Waals surface area contributed by atoms with Crippen molar-refractivity contribution in [2.75, 3.05) is 20.1 Å². The molecule has 1 saturated heterocycles. The van der Waals surface area contributed by atoms with Crippen LogP contribution >= 0.6 is 0 Å². The Bertz CT molecular complexity index is 774. The minimum atomic E-state index is 0.0641. The van der Waals surface area contributed by atoms with E-state index in [2.05, 4.69) is 24.4 Å². The van der Waals surface area contributed by atoms with Crippen molar-refractivity contribution in [3.05, 3.63) is 46.8 Å². The van der Waals surface area contributed by atoms with Gasteiger partial charge in [0.2, 0.25) is 0 Å². The van der Waals surface area contributed by atoms with Crippen LogP contribution in [-0.2, 0) is 12.8 Å². The summed E-state index contributed by atoms with van der Waals surface area (Å²) < 4.78 is 2.01. The predicted octanol–water partition coefficient (Wildman–Crippen LogP) is 2.10. The van der Waals surface area contributed by atoms with Crippen LogP contribution in [0.5, 0.6) is 0 Å². The van der Waals surface area contributed by atoms with Crippen LogP contribution in [0.15, 0.2) is 24.3 Å². The van der Waals surface area contributed by atoms with Crippen molar-refractivity contribution in [2.24, 2.45) is 0 Å². The summed E-state index contributed by atoms with van der Waals surface area (Å²) in [6.45, 7) is 3.96. The Labute approximate surface area is 142 Å².